The van der Waals surface area contributed by atoms with Gasteiger partial charge in [0.1, 0.15) is 17.4 Å². The Labute approximate surface area is 164 Å². The summed E-state index contributed by atoms with van der Waals surface area (Å²) in [7, 11) is 0. The van der Waals surface area contributed by atoms with Crippen LogP contribution in [0.4, 0.5) is 13.9 Å². The van der Waals surface area contributed by atoms with Gasteiger partial charge in [0.2, 0.25) is 0 Å². The van der Waals surface area contributed by atoms with E-state index in [2.05, 4.69) is 16.4 Å². The lowest BCUT2D eigenvalue weighted by Crippen LogP contribution is -2.19. The van der Waals surface area contributed by atoms with Gasteiger partial charge in [0.05, 0.1) is 12.5 Å². The minimum absolute atomic E-state index is 0.195. The van der Waals surface area contributed by atoms with Gasteiger partial charge in [-0.2, -0.15) is 5.26 Å². The molecule has 0 fully saturated rings. The Hall–Kier alpha value is -3.31. The van der Waals surface area contributed by atoms with Crippen LogP contribution in [-0.2, 0) is 17.6 Å². The lowest BCUT2D eigenvalue weighted by Gasteiger charge is -2.06. The van der Waals surface area contributed by atoms with E-state index in [0.29, 0.717) is 22.9 Å². The first-order chi connectivity index (χ1) is 13.5. The van der Waals surface area contributed by atoms with Crippen molar-refractivity contribution in [1.82, 2.24) is 4.98 Å². The third-order valence-corrected chi connectivity index (χ3v) is 4.67. The van der Waals surface area contributed by atoms with Gasteiger partial charge in [-0.25, -0.2) is 13.8 Å². The Morgan fingerprint density at radius 3 is 2.71 bits per heavy atom. The molecule has 1 aromatic heterocycles. The summed E-state index contributed by atoms with van der Waals surface area (Å²) in [4.78, 5) is 16.8. The number of hydrogen-bond donors (Lipinski definition) is 1. The number of anilines is 1. The first-order valence-electron chi connectivity index (χ1n) is 8.30. The second kappa shape index (κ2) is 9.06. The van der Waals surface area contributed by atoms with E-state index in [4.69, 9.17) is 10.00 Å². The van der Waals surface area contributed by atoms with Crippen LogP contribution in [0.2, 0.25) is 0 Å². The monoisotopic (exact) mass is 399 g/mol. The second-order valence-electron chi connectivity index (χ2n) is 5.86. The highest BCUT2D eigenvalue weighted by Gasteiger charge is 2.10. The van der Waals surface area contributed by atoms with Crippen LogP contribution in [-0.4, -0.2) is 17.5 Å². The first-order valence-corrected chi connectivity index (χ1v) is 9.12. The zero-order valence-electron chi connectivity index (χ0n) is 14.6. The van der Waals surface area contributed by atoms with Crippen molar-refractivity contribution in [2.24, 2.45) is 0 Å². The molecule has 0 saturated carbocycles. The maximum Gasteiger partial charge on any atom is 0.264 e. The van der Waals surface area contributed by atoms with Crippen molar-refractivity contribution in [3.05, 3.63) is 76.3 Å². The van der Waals surface area contributed by atoms with Gasteiger partial charge in [-0.1, -0.05) is 18.2 Å². The van der Waals surface area contributed by atoms with Crippen molar-refractivity contribution in [3.63, 3.8) is 0 Å². The molecule has 2 aromatic carbocycles. The lowest BCUT2D eigenvalue weighted by atomic mass is 10.1. The highest BCUT2D eigenvalue weighted by molar-refractivity contribution is 7.15. The fourth-order valence-electron chi connectivity index (χ4n) is 2.40. The summed E-state index contributed by atoms with van der Waals surface area (Å²) >= 11 is 1.21. The molecule has 8 heteroatoms. The number of carbonyl (C=O) groups is 1. The summed E-state index contributed by atoms with van der Waals surface area (Å²) in [6.45, 7) is -0.195. The summed E-state index contributed by atoms with van der Waals surface area (Å²) in [6.07, 6.45) is 2.11. The zero-order valence-corrected chi connectivity index (χ0v) is 15.4. The highest BCUT2D eigenvalue weighted by Crippen LogP contribution is 2.23. The van der Waals surface area contributed by atoms with E-state index < -0.39 is 11.6 Å². The molecule has 1 N–H and O–H groups in total. The first kappa shape index (κ1) is 19.5. The summed E-state index contributed by atoms with van der Waals surface area (Å²) in [5, 5.41) is 11.6. The smallest absolute Gasteiger partial charge is 0.264 e. The molecule has 1 heterocycles. The molecule has 3 rings (SSSR count). The summed E-state index contributed by atoms with van der Waals surface area (Å²) in [5.74, 6) is -1.11. The maximum absolute atomic E-state index is 13.7. The van der Waals surface area contributed by atoms with Crippen LogP contribution in [0.15, 0.2) is 48.7 Å². The third kappa shape index (κ3) is 5.34. The topological polar surface area (TPSA) is 75.0 Å². The molecular weight excluding hydrogens is 384 g/mol. The maximum atomic E-state index is 13.7. The molecule has 142 valence electrons. The van der Waals surface area contributed by atoms with Crippen LogP contribution in [0.3, 0.4) is 0 Å². The number of ether oxygens (including phenoxy) is 1. The van der Waals surface area contributed by atoms with Crippen LogP contribution in [0.25, 0.3) is 0 Å². The molecule has 1 amide bonds. The third-order valence-electron chi connectivity index (χ3n) is 3.76. The Morgan fingerprint density at radius 1 is 1.21 bits per heavy atom. The van der Waals surface area contributed by atoms with Crippen molar-refractivity contribution in [3.8, 4) is 11.8 Å². The summed E-state index contributed by atoms with van der Waals surface area (Å²) < 4.78 is 32.1. The minimum atomic E-state index is -0.627. The van der Waals surface area contributed by atoms with Gasteiger partial charge in [-0.15, -0.1) is 11.3 Å². The predicted molar refractivity (Wildman–Crippen MR) is 101 cm³/mol. The van der Waals surface area contributed by atoms with Gasteiger partial charge in [-0.3, -0.25) is 10.1 Å². The molecule has 0 bridgehead atoms. The molecule has 28 heavy (non-hydrogen) atoms. The molecule has 0 aliphatic rings. The molecule has 0 aliphatic carbocycles. The molecule has 3 aromatic rings. The van der Waals surface area contributed by atoms with E-state index in [1.807, 2.05) is 0 Å². The van der Waals surface area contributed by atoms with Crippen molar-refractivity contribution < 1.29 is 18.3 Å². The van der Waals surface area contributed by atoms with E-state index in [-0.39, 0.29) is 18.9 Å². The summed E-state index contributed by atoms with van der Waals surface area (Å²) in [5.41, 5.74) is 1.22. The molecule has 0 atom stereocenters. The second-order valence-corrected chi connectivity index (χ2v) is 6.98. The molecular formula is C20H15F2N3O2S. The fraction of sp³-hybridized carbons (Fsp3) is 0.150. The van der Waals surface area contributed by atoms with Crippen LogP contribution in [0.5, 0.6) is 5.75 Å². The van der Waals surface area contributed by atoms with E-state index >= 15 is 0 Å². The molecule has 0 unspecified atom stereocenters. The fourth-order valence-corrected chi connectivity index (χ4v) is 3.25. The zero-order chi connectivity index (χ0) is 19.9. The number of carbonyl (C=O) groups excluding carboxylic acids is 1. The Morgan fingerprint density at radius 2 is 2.00 bits per heavy atom. The highest BCUT2D eigenvalue weighted by atomic mass is 32.1. The predicted octanol–water partition coefficient (Wildman–Crippen LogP) is 4.10. The van der Waals surface area contributed by atoms with Gasteiger partial charge < -0.3 is 4.74 Å². The Bertz CT molecular complexity index is 1010. The number of halogens is 2. The number of nitrogens with one attached hydrogen (secondary N) is 1. The Balaban J connectivity index is 1.51. The molecule has 5 nitrogen and oxygen atoms in total. The standard InChI is InChI=1S/C20H15F2N3O2S/c21-15-4-3-14(18(22)10-15)9-17-11-24-20(28-17)25-19(26)12-27-16-5-1-13(2-6-16)7-8-23/h1-6,10-11H,7,9,12H2,(H,24,25,26). The van der Waals surface area contributed by atoms with E-state index in [1.165, 1.54) is 29.7 Å². The normalized spacial score (nSPS) is 10.3. The largest absolute Gasteiger partial charge is 0.484 e. The number of thiazole rings is 1. The average Bonchev–Trinajstić information content (AvgIpc) is 3.10. The van der Waals surface area contributed by atoms with Gasteiger partial charge in [0, 0.05) is 23.6 Å². The van der Waals surface area contributed by atoms with Crippen LogP contribution in [0, 0.1) is 23.0 Å². The molecule has 0 saturated heterocycles. The number of amides is 1. The molecule has 0 aliphatic heterocycles. The number of rotatable bonds is 7. The van der Waals surface area contributed by atoms with E-state index in [9.17, 15) is 13.6 Å². The quantitative estimate of drug-likeness (QED) is 0.649. The molecule has 0 spiro atoms. The number of benzene rings is 2. The lowest BCUT2D eigenvalue weighted by molar-refractivity contribution is -0.118. The summed E-state index contributed by atoms with van der Waals surface area (Å²) in [6, 6.07) is 12.4. The van der Waals surface area contributed by atoms with Crippen molar-refractivity contribution in [2.75, 3.05) is 11.9 Å². The number of nitrogens with zero attached hydrogens (tertiary/aromatic N) is 2. The minimum Gasteiger partial charge on any atom is -0.484 e. The van der Waals surface area contributed by atoms with Crippen LogP contribution >= 0.6 is 11.3 Å². The van der Waals surface area contributed by atoms with Crippen LogP contribution in [0.1, 0.15) is 16.0 Å². The number of nitriles is 1. The van der Waals surface area contributed by atoms with Gasteiger partial charge >= 0.3 is 0 Å². The molecule has 0 radical (unpaired) electrons. The van der Waals surface area contributed by atoms with Crippen molar-refractivity contribution in [1.29, 1.82) is 5.26 Å². The van der Waals surface area contributed by atoms with Gasteiger partial charge in [0.25, 0.3) is 5.91 Å². The van der Waals surface area contributed by atoms with Gasteiger partial charge in [0.15, 0.2) is 11.7 Å². The SMILES string of the molecule is N#CCc1ccc(OCC(=O)Nc2ncc(Cc3ccc(F)cc3F)s2)cc1. The number of hydrogen-bond acceptors (Lipinski definition) is 5. The van der Waals surface area contributed by atoms with Crippen molar-refractivity contribution in [2.45, 2.75) is 12.8 Å². The Kier molecular flexibility index (Phi) is 6.29. The van der Waals surface area contributed by atoms with Crippen LogP contribution < -0.4 is 10.1 Å². The average molecular weight is 399 g/mol. The van der Waals surface area contributed by atoms with Gasteiger partial charge in [-0.05, 0) is 29.3 Å². The van der Waals surface area contributed by atoms with Crippen molar-refractivity contribution >= 4 is 22.4 Å². The van der Waals surface area contributed by atoms with E-state index in [0.717, 1.165) is 16.5 Å². The number of aromatic nitrogens is 1. The van der Waals surface area contributed by atoms with E-state index in [1.54, 1.807) is 24.3 Å².